The van der Waals surface area contributed by atoms with Gasteiger partial charge in [-0.2, -0.15) is 0 Å². The fraction of sp³-hybridized carbons (Fsp3) is 0.235. The second-order valence-electron chi connectivity index (χ2n) is 5.39. The molecule has 6 nitrogen and oxygen atoms in total. The molecule has 1 N–H and O–H groups in total. The Labute approximate surface area is 154 Å². The van der Waals surface area contributed by atoms with Gasteiger partial charge in [-0.1, -0.05) is 17.7 Å². The SMILES string of the molecule is CCOC(=O)c1cc(OC(F)(F)F)ccc1NS(=O)(=O)c1ccc(C)cc1. The minimum atomic E-state index is -4.96. The van der Waals surface area contributed by atoms with Crippen molar-refractivity contribution in [2.24, 2.45) is 0 Å². The standard InChI is InChI=1S/C17H16F3NO5S/c1-3-25-16(22)14-10-12(26-17(18,19)20)6-9-15(14)21-27(23,24)13-7-4-11(2)5-8-13/h4-10,21H,3H2,1-2H3. The van der Waals surface area contributed by atoms with Crippen LogP contribution in [-0.2, 0) is 14.8 Å². The molecule has 0 amide bonds. The van der Waals surface area contributed by atoms with E-state index in [-0.39, 0.29) is 17.2 Å². The number of hydrogen-bond donors (Lipinski definition) is 1. The zero-order valence-electron chi connectivity index (χ0n) is 14.3. The maximum Gasteiger partial charge on any atom is 0.573 e. The average molecular weight is 403 g/mol. The first-order valence-corrected chi connectivity index (χ1v) is 9.16. The number of esters is 1. The fourth-order valence-corrected chi connectivity index (χ4v) is 3.19. The highest BCUT2D eigenvalue weighted by molar-refractivity contribution is 7.92. The summed E-state index contributed by atoms with van der Waals surface area (Å²) in [6.07, 6.45) is -4.96. The van der Waals surface area contributed by atoms with Gasteiger partial charge in [-0.05, 0) is 44.2 Å². The predicted molar refractivity (Wildman–Crippen MR) is 91.1 cm³/mol. The number of anilines is 1. The van der Waals surface area contributed by atoms with Crippen LogP contribution in [0.15, 0.2) is 47.4 Å². The van der Waals surface area contributed by atoms with Crippen molar-refractivity contribution < 1.29 is 35.9 Å². The molecule has 0 unspecified atom stereocenters. The smallest absolute Gasteiger partial charge is 0.462 e. The second-order valence-corrected chi connectivity index (χ2v) is 7.08. The Balaban J connectivity index is 2.42. The molecule has 2 aromatic carbocycles. The van der Waals surface area contributed by atoms with Crippen molar-refractivity contribution in [2.75, 3.05) is 11.3 Å². The molecule has 146 valence electrons. The van der Waals surface area contributed by atoms with E-state index in [1.807, 2.05) is 0 Å². The van der Waals surface area contributed by atoms with Gasteiger partial charge in [0.25, 0.3) is 10.0 Å². The van der Waals surface area contributed by atoms with Crippen molar-refractivity contribution in [3.8, 4) is 5.75 Å². The van der Waals surface area contributed by atoms with Crippen LogP contribution in [0.2, 0.25) is 0 Å². The Morgan fingerprint density at radius 3 is 2.30 bits per heavy atom. The van der Waals surface area contributed by atoms with E-state index in [1.165, 1.54) is 19.1 Å². The summed E-state index contributed by atoms with van der Waals surface area (Å²) in [6.45, 7) is 3.24. The zero-order valence-corrected chi connectivity index (χ0v) is 15.1. The van der Waals surface area contributed by atoms with Crippen molar-refractivity contribution in [3.63, 3.8) is 0 Å². The lowest BCUT2D eigenvalue weighted by Crippen LogP contribution is -2.19. The van der Waals surface area contributed by atoms with Crippen LogP contribution in [0.3, 0.4) is 0 Å². The number of carbonyl (C=O) groups excluding carboxylic acids is 1. The van der Waals surface area contributed by atoms with Crippen LogP contribution in [0, 0.1) is 6.92 Å². The van der Waals surface area contributed by atoms with Gasteiger partial charge in [0.05, 0.1) is 22.8 Å². The number of aryl methyl sites for hydroxylation is 1. The maximum atomic E-state index is 12.5. The van der Waals surface area contributed by atoms with Gasteiger partial charge in [0.1, 0.15) is 5.75 Å². The molecule has 0 aromatic heterocycles. The van der Waals surface area contributed by atoms with E-state index in [0.717, 1.165) is 23.8 Å². The molecule has 0 saturated carbocycles. The molecule has 0 aliphatic rings. The molecule has 2 rings (SSSR count). The molecular formula is C17H16F3NO5S. The minimum absolute atomic E-state index is 0.0483. The van der Waals surface area contributed by atoms with Crippen molar-refractivity contribution in [3.05, 3.63) is 53.6 Å². The van der Waals surface area contributed by atoms with Crippen LogP contribution in [0.5, 0.6) is 5.75 Å². The van der Waals surface area contributed by atoms with Crippen LogP contribution in [0.1, 0.15) is 22.8 Å². The number of benzene rings is 2. The summed E-state index contributed by atoms with van der Waals surface area (Å²) in [4.78, 5) is 12.0. The lowest BCUT2D eigenvalue weighted by molar-refractivity contribution is -0.274. The number of carbonyl (C=O) groups is 1. The van der Waals surface area contributed by atoms with E-state index in [0.29, 0.717) is 0 Å². The number of halogens is 3. The van der Waals surface area contributed by atoms with Gasteiger partial charge < -0.3 is 9.47 Å². The molecule has 0 heterocycles. The number of alkyl halides is 3. The van der Waals surface area contributed by atoms with E-state index < -0.39 is 33.7 Å². The third-order valence-electron chi connectivity index (χ3n) is 3.30. The number of ether oxygens (including phenoxy) is 2. The third kappa shape index (κ3) is 5.61. The van der Waals surface area contributed by atoms with Crippen LogP contribution in [-0.4, -0.2) is 27.4 Å². The number of rotatable bonds is 6. The van der Waals surface area contributed by atoms with Crippen LogP contribution >= 0.6 is 0 Å². The molecule has 0 aliphatic heterocycles. The molecule has 0 bridgehead atoms. The first-order valence-electron chi connectivity index (χ1n) is 7.68. The molecule has 0 aliphatic carbocycles. The van der Waals surface area contributed by atoms with Crippen LogP contribution in [0.4, 0.5) is 18.9 Å². The highest BCUT2D eigenvalue weighted by atomic mass is 32.2. The normalized spacial score (nSPS) is 11.7. The Bertz CT molecular complexity index is 925. The highest BCUT2D eigenvalue weighted by Crippen LogP contribution is 2.29. The summed E-state index contributed by atoms with van der Waals surface area (Å²) in [6, 6.07) is 8.55. The van der Waals surface area contributed by atoms with Gasteiger partial charge in [0.2, 0.25) is 0 Å². The first-order chi connectivity index (χ1) is 12.5. The first kappa shape index (κ1) is 20.6. The highest BCUT2D eigenvalue weighted by Gasteiger charge is 2.32. The van der Waals surface area contributed by atoms with E-state index in [9.17, 15) is 26.4 Å². The molecule has 0 spiro atoms. The molecule has 0 fully saturated rings. The molecule has 2 aromatic rings. The van der Waals surface area contributed by atoms with Crippen molar-refractivity contribution in [1.82, 2.24) is 0 Å². The lowest BCUT2D eigenvalue weighted by atomic mass is 10.2. The molecule has 0 atom stereocenters. The van der Waals surface area contributed by atoms with Crippen molar-refractivity contribution in [1.29, 1.82) is 0 Å². The van der Waals surface area contributed by atoms with E-state index in [2.05, 4.69) is 9.46 Å². The maximum absolute atomic E-state index is 12.5. The Hall–Kier alpha value is -2.75. The number of hydrogen-bond acceptors (Lipinski definition) is 5. The largest absolute Gasteiger partial charge is 0.573 e. The van der Waals surface area contributed by atoms with E-state index in [1.54, 1.807) is 19.1 Å². The summed E-state index contributed by atoms with van der Waals surface area (Å²) in [5, 5.41) is 0. The number of nitrogens with one attached hydrogen (secondary N) is 1. The van der Waals surface area contributed by atoms with E-state index >= 15 is 0 Å². The van der Waals surface area contributed by atoms with Crippen LogP contribution < -0.4 is 9.46 Å². The molecular weight excluding hydrogens is 387 g/mol. The molecule has 10 heteroatoms. The molecule has 27 heavy (non-hydrogen) atoms. The molecule has 0 radical (unpaired) electrons. The Morgan fingerprint density at radius 1 is 1.11 bits per heavy atom. The fourth-order valence-electron chi connectivity index (χ4n) is 2.11. The summed E-state index contributed by atoms with van der Waals surface area (Å²) in [7, 11) is -4.07. The van der Waals surface area contributed by atoms with Crippen molar-refractivity contribution in [2.45, 2.75) is 25.1 Å². The predicted octanol–water partition coefficient (Wildman–Crippen LogP) is 3.87. The lowest BCUT2D eigenvalue weighted by Gasteiger charge is -2.15. The summed E-state index contributed by atoms with van der Waals surface area (Å²) in [5.74, 6) is -1.67. The topological polar surface area (TPSA) is 81.7 Å². The van der Waals surface area contributed by atoms with Gasteiger partial charge in [0.15, 0.2) is 0 Å². The summed E-state index contributed by atoms with van der Waals surface area (Å²) < 4.78 is 72.9. The zero-order chi connectivity index (χ0) is 20.2. The van der Waals surface area contributed by atoms with Gasteiger partial charge in [-0.15, -0.1) is 13.2 Å². The average Bonchev–Trinajstić information content (AvgIpc) is 2.55. The summed E-state index contributed by atoms with van der Waals surface area (Å²) >= 11 is 0. The van der Waals surface area contributed by atoms with Gasteiger partial charge in [-0.3, -0.25) is 4.72 Å². The molecule has 0 saturated heterocycles. The minimum Gasteiger partial charge on any atom is -0.462 e. The van der Waals surface area contributed by atoms with Crippen LogP contribution in [0.25, 0.3) is 0 Å². The quantitative estimate of drug-likeness (QED) is 0.741. The second kappa shape index (κ2) is 7.87. The van der Waals surface area contributed by atoms with Gasteiger partial charge >= 0.3 is 12.3 Å². The van der Waals surface area contributed by atoms with Gasteiger partial charge in [0, 0.05) is 0 Å². The third-order valence-corrected chi connectivity index (χ3v) is 4.68. The summed E-state index contributed by atoms with van der Waals surface area (Å²) in [5.41, 5.74) is 0.202. The van der Waals surface area contributed by atoms with Crippen molar-refractivity contribution >= 4 is 21.7 Å². The monoisotopic (exact) mass is 403 g/mol. The van der Waals surface area contributed by atoms with E-state index in [4.69, 9.17) is 4.74 Å². The number of sulfonamides is 1. The Kier molecular flexibility index (Phi) is 5.99. The van der Waals surface area contributed by atoms with Gasteiger partial charge in [-0.25, -0.2) is 13.2 Å². The Morgan fingerprint density at radius 2 is 1.74 bits per heavy atom.